The Balaban J connectivity index is 1.33. The fraction of sp³-hybridized carbons (Fsp3) is 0.333. The molecule has 0 spiro atoms. The van der Waals surface area contributed by atoms with Gasteiger partial charge in [-0.15, -0.1) is 11.3 Å². The van der Waals surface area contributed by atoms with Gasteiger partial charge < -0.3 is 19.8 Å². The second kappa shape index (κ2) is 11.4. The van der Waals surface area contributed by atoms with Gasteiger partial charge in [0.25, 0.3) is 0 Å². The fourth-order valence-electron chi connectivity index (χ4n) is 4.96. The van der Waals surface area contributed by atoms with Crippen LogP contribution in [0.4, 0.5) is 10.1 Å². The summed E-state index contributed by atoms with van der Waals surface area (Å²) in [4.78, 5) is 5.54. The Kier molecular flexibility index (Phi) is 7.82. The molecule has 0 radical (unpaired) electrons. The van der Waals surface area contributed by atoms with Crippen molar-refractivity contribution in [1.82, 2.24) is 4.90 Å². The predicted octanol–water partition coefficient (Wildman–Crippen LogP) is 7.01. The van der Waals surface area contributed by atoms with Crippen molar-refractivity contribution >= 4 is 27.1 Å². The summed E-state index contributed by atoms with van der Waals surface area (Å²) in [6.07, 6.45) is 3.75. The second-order valence-corrected chi connectivity index (χ2v) is 10.6. The topological polar surface area (TPSA) is 56.2 Å². The molecule has 0 bridgehead atoms. The minimum atomic E-state index is -0.354. The Hall–Kier alpha value is -3.29. The number of nitrogens with zero attached hydrogens (tertiary/aromatic N) is 2. The number of ether oxygens (including phenoxy) is 1. The van der Waals surface area contributed by atoms with E-state index in [9.17, 15) is 14.6 Å². The van der Waals surface area contributed by atoms with Gasteiger partial charge in [0.05, 0.1) is 0 Å². The van der Waals surface area contributed by atoms with Crippen molar-refractivity contribution in [2.45, 2.75) is 32.7 Å². The molecular weight excluding hydrogens is 487 g/mol. The number of anilines is 1. The maximum Gasteiger partial charge on any atom is 0.165 e. The Labute approximate surface area is 221 Å². The highest BCUT2D eigenvalue weighted by Gasteiger charge is 2.17. The molecule has 1 aliphatic heterocycles. The summed E-state index contributed by atoms with van der Waals surface area (Å²) in [6, 6.07) is 18.0. The quantitative estimate of drug-likeness (QED) is 0.249. The zero-order valence-electron chi connectivity index (χ0n) is 21.1. The number of hydrogen-bond acceptors (Lipinski definition) is 6. The zero-order valence-corrected chi connectivity index (χ0v) is 21.9. The van der Waals surface area contributed by atoms with Crippen LogP contribution in [0.15, 0.2) is 60.7 Å². The van der Waals surface area contributed by atoms with Crippen LogP contribution >= 0.6 is 11.3 Å². The molecule has 1 saturated heterocycles. The van der Waals surface area contributed by atoms with E-state index in [1.807, 2.05) is 25.1 Å². The van der Waals surface area contributed by atoms with Crippen LogP contribution < -0.4 is 9.64 Å². The Morgan fingerprint density at radius 2 is 1.73 bits per heavy atom. The number of phenolic OH excluding ortho intramolecular Hbond substituents is 2. The van der Waals surface area contributed by atoms with E-state index in [-0.39, 0.29) is 23.1 Å². The van der Waals surface area contributed by atoms with Crippen molar-refractivity contribution in [2.24, 2.45) is 0 Å². The lowest BCUT2D eigenvalue weighted by Crippen LogP contribution is -2.33. The number of benzene rings is 3. The third kappa shape index (κ3) is 6.00. The minimum absolute atomic E-state index is 0.180. The van der Waals surface area contributed by atoms with Crippen LogP contribution in [0.5, 0.6) is 17.2 Å². The standard InChI is InChI=1S/C30H33FN2O3S/c1-2-33(20-21-6-11-28(26(31)16-21)36-15-14-32-12-4-3-5-13-32)27-18-23(34)9-10-25(27)30-17-22-7-8-24(35)19-29(22)37-30/h6-11,16-19,34-35H,2-5,12-15,20H2,1H3. The normalized spacial score (nSPS) is 14.2. The van der Waals surface area contributed by atoms with E-state index >= 15 is 0 Å². The van der Waals surface area contributed by atoms with E-state index in [0.717, 1.165) is 51.4 Å². The number of hydrogen-bond donors (Lipinski definition) is 2. The van der Waals surface area contributed by atoms with Gasteiger partial charge in [-0.3, -0.25) is 4.90 Å². The third-order valence-corrected chi connectivity index (χ3v) is 8.09. The van der Waals surface area contributed by atoms with Crippen molar-refractivity contribution in [3.63, 3.8) is 0 Å². The molecule has 3 aromatic carbocycles. The molecule has 1 aromatic heterocycles. The number of piperidine rings is 1. The molecule has 0 atom stereocenters. The molecule has 5 rings (SSSR count). The van der Waals surface area contributed by atoms with Gasteiger partial charge >= 0.3 is 0 Å². The van der Waals surface area contributed by atoms with Crippen molar-refractivity contribution in [3.8, 4) is 27.7 Å². The zero-order chi connectivity index (χ0) is 25.8. The number of phenols is 2. The van der Waals surface area contributed by atoms with Crippen LogP contribution in [-0.4, -0.2) is 47.9 Å². The number of halogens is 1. The molecule has 5 nitrogen and oxygen atoms in total. The van der Waals surface area contributed by atoms with Crippen LogP contribution in [0.1, 0.15) is 31.7 Å². The highest BCUT2D eigenvalue weighted by molar-refractivity contribution is 7.22. The highest BCUT2D eigenvalue weighted by atomic mass is 32.1. The molecule has 2 N–H and O–H groups in total. The number of aromatic hydroxyl groups is 2. The van der Waals surface area contributed by atoms with Crippen molar-refractivity contribution in [2.75, 3.05) is 37.7 Å². The van der Waals surface area contributed by atoms with E-state index in [1.165, 1.54) is 19.3 Å². The third-order valence-electron chi connectivity index (χ3n) is 6.96. The average Bonchev–Trinajstić information content (AvgIpc) is 3.32. The molecule has 1 aliphatic rings. The molecule has 194 valence electrons. The molecule has 4 aromatic rings. The van der Waals surface area contributed by atoms with Crippen molar-refractivity contribution in [3.05, 3.63) is 72.0 Å². The maximum absolute atomic E-state index is 14.9. The Morgan fingerprint density at radius 3 is 2.51 bits per heavy atom. The smallest absolute Gasteiger partial charge is 0.165 e. The SMILES string of the molecule is CCN(Cc1ccc(OCCN2CCCCC2)c(F)c1)c1cc(O)ccc1-c1cc2ccc(O)cc2s1. The number of thiophene rings is 1. The fourth-order valence-corrected chi connectivity index (χ4v) is 6.09. The summed E-state index contributed by atoms with van der Waals surface area (Å²) in [6.45, 7) is 6.71. The first-order valence-corrected chi connectivity index (χ1v) is 13.8. The van der Waals surface area contributed by atoms with Gasteiger partial charge in [-0.05, 0) is 92.3 Å². The van der Waals surface area contributed by atoms with Gasteiger partial charge in [-0.25, -0.2) is 4.39 Å². The van der Waals surface area contributed by atoms with Crippen molar-refractivity contribution in [1.29, 1.82) is 0 Å². The lowest BCUT2D eigenvalue weighted by Gasteiger charge is -2.26. The summed E-state index contributed by atoms with van der Waals surface area (Å²) in [5.41, 5.74) is 2.69. The van der Waals surface area contributed by atoms with Gasteiger partial charge in [-0.2, -0.15) is 0 Å². The predicted molar refractivity (Wildman–Crippen MR) is 150 cm³/mol. The molecular formula is C30H33FN2O3S. The first kappa shape index (κ1) is 25.4. The van der Waals surface area contributed by atoms with Crippen LogP contribution in [0.3, 0.4) is 0 Å². The molecule has 0 aliphatic carbocycles. The summed E-state index contributed by atoms with van der Waals surface area (Å²) in [5, 5.41) is 21.2. The van der Waals surface area contributed by atoms with E-state index in [0.29, 0.717) is 19.7 Å². The Morgan fingerprint density at radius 1 is 0.946 bits per heavy atom. The summed E-state index contributed by atoms with van der Waals surface area (Å²) < 4.78 is 21.7. The van der Waals surface area contributed by atoms with E-state index in [2.05, 4.69) is 15.9 Å². The summed E-state index contributed by atoms with van der Waals surface area (Å²) >= 11 is 1.59. The Bertz CT molecular complexity index is 1370. The minimum Gasteiger partial charge on any atom is -0.508 e. The molecule has 1 fully saturated rings. The molecule has 0 unspecified atom stereocenters. The largest absolute Gasteiger partial charge is 0.508 e. The second-order valence-electron chi connectivity index (χ2n) is 9.56. The molecule has 0 saturated carbocycles. The molecule has 2 heterocycles. The van der Waals surface area contributed by atoms with Gasteiger partial charge in [-0.1, -0.05) is 12.5 Å². The number of fused-ring (bicyclic) bond motifs is 1. The van der Waals surface area contributed by atoms with E-state index < -0.39 is 0 Å². The summed E-state index contributed by atoms with van der Waals surface area (Å²) in [5.74, 6) is 0.352. The van der Waals surface area contributed by atoms with Crippen molar-refractivity contribution < 1.29 is 19.3 Å². The van der Waals surface area contributed by atoms with Crippen LogP contribution in [-0.2, 0) is 6.54 Å². The summed E-state index contributed by atoms with van der Waals surface area (Å²) in [7, 11) is 0. The monoisotopic (exact) mass is 520 g/mol. The number of rotatable bonds is 9. The van der Waals surface area contributed by atoms with Gasteiger partial charge in [0.2, 0.25) is 0 Å². The maximum atomic E-state index is 14.9. The highest BCUT2D eigenvalue weighted by Crippen LogP contribution is 2.41. The van der Waals surface area contributed by atoms with Crippen LogP contribution in [0, 0.1) is 5.82 Å². The molecule has 7 heteroatoms. The van der Waals surface area contributed by atoms with Gasteiger partial charge in [0.15, 0.2) is 11.6 Å². The first-order valence-electron chi connectivity index (χ1n) is 12.9. The van der Waals surface area contributed by atoms with Gasteiger partial charge in [0.1, 0.15) is 18.1 Å². The van der Waals surface area contributed by atoms with E-state index in [1.54, 1.807) is 47.7 Å². The lowest BCUT2D eigenvalue weighted by molar-refractivity contribution is 0.180. The van der Waals surface area contributed by atoms with Gasteiger partial charge in [0, 0.05) is 46.5 Å². The molecule has 0 amide bonds. The number of likely N-dealkylation sites (tertiary alicyclic amines) is 1. The first-order chi connectivity index (χ1) is 18.0. The lowest BCUT2D eigenvalue weighted by atomic mass is 10.1. The molecule has 37 heavy (non-hydrogen) atoms. The van der Waals surface area contributed by atoms with Crippen LogP contribution in [0.2, 0.25) is 0 Å². The van der Waals surface area contributed by atoms with E-state index in [4.69, 9.17) is 4.74 Å². The van der Waals surface area contributed by atoms with Crippen LogP contribution in [0.25, 0.3) is 20.5 Å². The average molecular weight is 521 g/mol.